The number of nitrogens with zero attached hydrogens (tertiary/aromatic N) is 2. The van der Waals surface area contributed by atoms with Crippen LogP contribution in [-0.4, -0.2) is 17.4 Å². The molecular formula is C6H8N4O2. The van der Waals surface area contributed by atoms with Gasteiger partial charge in [-0.25, -0.2) is 5.48 Å². The largest absolute Gasteiger partial charge is 0.463 e. The van der Waals surface area contributed by atoms with E-state index in [1.807, 2.05) is 0 Å². The highest BCUT2D eigenvalue weighted by molar-refractivity contribution is 5.79. The Morgan fingerprint density at radius 2 is 2.58 bits per heavy atom. The molecule has 0 fully saturated rings. The van der Waals surface area contributed by atoms with Crippen LogP contribution in [-0.2, 0) is 0 Å². The first-order valence-corrected chi connectivity index (χ1v) is 3.13. The molecule has 4 N–H and O–H groups in total. The van der Waals surface area contributed by atoms with Crippen molar-refractivity contribution in [3.8, 4) is 0 Å². The molecule has 0 saturated heterocycles. The van der Waals surface area contributed by atoms with Gasteiger partial charge < -0.3 is 10.2 Å². The van der Waals surface area contributed by atoms with E-state index in [2.05, 4.69) is 10.2 Å². The number of nitrogens with one attached hydrogen (secondary N) is 1. The average Bonchev–Trinajstić information content (AvgIpc) is 2.57. The van der Waals surface area contributed by atoms with E-state index in [9.17, 15) is 0 Å². The Balaban J connectivity index is 2.52. The van der Waals surface area contributed by atoms with Crippen LogP contribution in [0.5, 0.6) is 0 Å². The fourth-order valence-electron chi connectivity index (χ4n) is 0.535. The molecule has 0 amide bonds. The van der Waals surface area contributed by atoms with Crippen LogP contribution in [0.15, 0.2) is 33.0 Å². The number of guanidine groups is 1. The lowest BCUT2D eigenvalue weighted by Gasteiger charge is -1.89. The SMILES string of the molecule is N/C(=N\N=Cc1ccco1)NO. The molecule has 64 valence electrons. The summed E-state index contributed by atoms with van der Waals surface area (Å²) in [6.07, 6.45) is 2.88. The van der Waals surface area contributed by atoms with Crippen molar-refractivity contribution in [2.75, 3.05) is 0 Å². The smallest absolute Gasteiger partial charge is 0.237 e. The second kappa shape index (κ2) is 4.14. The third-order valence-corrected chi connectivity index (χ3v) is 1.01. The van der Waals surface area contributed by atoms with Crippen LogP contribution in [0.2, 0.25) is 0 Å². The number of nitrogens with two attached hydrogens (primary N) is 1. The van der Waals surface area contributed by atoms with E-state index >= 15 is 0 Å². The standard InChI is InChI=1S/C6H8N4O2/c7-6(10-11)9-8-4-5-2-1-3-12-5/h1-4,11H,(H3,7,9,10). The molecule has 0 aliphatic carbocycles. The third-order valence-electron chi connectivity index (χ3n) is 1.01. The van der Waals surface area contributed by atoms with Crippen molar-refractivity contribution in [2.24, 2.45) is 15.9 Å². The molecule has 1 heterocycles. The monoisotopic (exact) mass is 168 g/mol. The number of hydrogen-bond acceptors (Lipinski definition) is 4. The minimum atomic E-state index is -0.183. The van der Waals surface area contributed by atoms with Gasteiger partial charge in [-0.3, -0.25) is 5.21 Å². The number of furan rings is 1. The van der Waals surface area contributed by atoms with Gasteiger partial charge in [-0.15, -0.1) is 5.10 Å². The second-order valence-electron chi connectivity index (χ2n) is 1.86. The fourth-order valence-corrected chi connectivity index (χ4v) is 0.535. The van der Waals surface area contributed by atoms with Gasteiger partial charge in [0.2, 0.25) is 5.96 Å². The number of hydroxylamine groups is 1. The predicted molar refractivity (Wildman–Crippen MR) is 42.8 cm³/mol. The first-order chi connectivity index (χ1) is 5.83. The molecule has 0 spiro atoms. The minimum absolute atomic E-state index is 0.183. The summed E-state index contributed by atoms with van der Waals surface area (Å²) < 4.78 is 4.91. The normalized spacial score (nSPS) is 12.2. The summed E-state index contributed by atoms with van der Waals surface area (Å²) in [4.78, 5) is 0. The van der Waals surface area contributed by atoms with Gasteiger partial charge in [0.1, 0.15) is 5.76 Å². The van der Waals surface area contributed by atoms with E-state index in [4.69, 9.17) is 15.4 Å². The zero-order chi connectivity index (χ0) is 8.81. The second-order valence-corrected chi connectivity index (χ2v) is 1.86. The molecule has 0 radical (unpaired) electrons. The quantitative estimate of drug-likeness (QED) is 0.326. The molecule has 6 nitrogen and oxygen atoms in total. The highest BCUT2D eigenvalue weighted by atomic mass is 16.5. The van der Waals surface area contributed by atoms with E-state index in [1.54, 1.807) is 17.6 Å². The first kappa shape index (κ1) is 8.28. The van der Waals surface area contributed by atoms with Gasteiger partial charge in [0, 0.05) is 0 Å². The summed E-state index contributed by atoms with van der Waals surface area (Å²) in [6, 6.07) is 3.43. The van der Waals surface area contributed by atoms with Crippen LogP contribution in [0.3, 0.4) is 0 Å². The molecule has 0 aliphatic heterocycles. The zero-order valence-corrected chi connectivity index (χ0v) is 6.14. The third kappa shape index (κ3) is 2.43. The molecule has 1 aromatic rings. The number of hydrogen-bond donors (Lipinski definition) is 3. The van der Waals surface area contributed by atoms with Crippen molar-refractivity contribution >= 4 is 12.2 Å². The summed E-state index contributed by atoms with van der Waals surface area (Å²) in [5.74, 6) is 0.377. The summed E-state index contributed by atoms with van der Waals surface area (Å²) in [6.45, 7) is 0. The average molecular weight is 168 g/mol. The van der Waals surface area contributed by atoms with Gasteiger partial charge in [0.25, 0.3) is 0 Å². The summed E-state index contributed by atoms with van der Waals surface area (Å²) >= 11 is 0. The Bertz CT molecular complexity index is 278. The van der Waals surface area contributed by atoms with E-state index < -0.39 is 0 Å². The molecular weight excluding hydrogens is 160 g/mol. The molecule has 0 unspecified atom stereocenters. The Hall–Kier alpha value is -1.82. The van der Waals surface area contributed by atoms with Crippen molar-refractivity contribution in [1.29, 1.82) is 0 Å². The molecule has 0 aromatic carbocycles. The summed E-state index contributed by atoms with van der Waals surface area (Å²) in [5.41, 5.74) is 6.69. The van der Waals surface area contributed by atoms with Crippen molar-refractivity contribution in [3.63, 3.8) is 0 Å². The van der Waals surface area contributed by atoms with Gasteiger partial charge >= 0.3 is 0 Å². The van der Waals surface area contributed by atoms with Gasteiger partial charge in [-0.05, 0) is 12.1 Å². The Labute approximate surface area is 68.4 Å². The van der Waals surface area contributed by atoms with E-state index in [-0.39, 0.29) is 5.96 Å². The van der Waals surface area contributed by atoms with Crippen LogP contribution >= 0.6 is 0 Å². The number of rotatable bonds is 2. The van der Waals surface area contributed by atoms with Crippen molar-refractivity contribution in [2.45, 2.75) is 0 Å². The molecule has 0 saturated carbocycles. The lowest BCUT2D eigenvalue weighted by Crippen LogP contribution is -2.27. The minimum Gasteiger partial charge on any atom is -0.463 e. The highest BCUT2D eigenvalue weighted by Gasteiger charge is 1.87. The van der Waals surface area contributed by atoms with Crippen LogP contribution in [0.4, 0.5) is 0 Å². The topological polar surface area (TPSA) is 96.1 Å². The Morgan fingerprint density at radius 1 is 1.75 bits per heavy atom. The van der Waals surface area contributed by atoms with Crippen LogP contribution < -0.4 is 11.2 Å². The highest BCUT2D eigenvalue weighted by Crippen LogP contribution is 1.94. The maximum atomic E-state index is 8.19. The van der Waals surface area contributed by atoms with Gasteiger partial charge in [-0.1, -0.05) is 0 Å². The lowest BCUT2D eigenvalue weighted by molar-refractivity contribution is 0.232. The molecule has 12 heavy (non-hydrogen) atoms. The first-order valence-electron chi connectivity index (χ1n) is 3.13. The van der Waals surface area contributed by atoms with E-state index in [1.165, 1.54) is 12.5 Å². The van der Waals surface area contributed by atoms with Gasteiger partial charge in [-0.2, -0.15) is 5.10 Å². The molecule has 0 atom stereocenters. The molecule has 1 aromatic heterocycles. The predicted octanol–water partition coefficient (Wildman–Crippen LogP) is -0.0930. The van der Waals surface area contributed by atoms with Crippen molar-refractivity contribution < 1.29 is 9.62 Å². The van der Waals surface area contributed by atoms with E-state index in [0.29, 0.717) is 5.76 Å². The van der Waals surface area contributed by atoms with Crippen LogP contribution in [0.25, 0.3) is 0 Å². The van der Waals surface area contributed by atoms with E-state index in [0.717, 1.165) is 0 Å². The van der Waals surface area contributed by atoms with Crippen molar-refractivity contribution in [1.82, 2.24) is 5.48 Å². The Kier molecular flexibility index (Phi) is 2.86. The fraction of sp³-hybridized carbons (Fsp3) is 0. The van der Waals surface area contributed by atoms with Crippen LogP contribution in [0.1, 0.15) is 5.76 Å². The van der Waals surface area contributed by atoms with Gasteiger partial charge in [0.15, 0.2) is 0 Å². The zero-order valence-electron chi connectivity index (χ0n) is 6.14. The maximum absolute atomic E-state index is 8.19. The van der Waals surface area contributed by atoms with Crippen LogP contribution in [0, 0.1) is 0 Å². The maximum Gasteiger partial charge on any atom is 0.237 e. The molecule has 0 bridgehead atoms. The summed E-state index contributed by atoms with van der Waals surface area (Å²) in [5, 5.41) is 15.1. The van der Waals surface area contributed by atoms with Gasteiger partial charge in [0.05, 0.1) is 12.5 Å². The Morgan fingerprint density at radius 3 is 3.17 bits per heavy atom. The molecule has 1 rings (SSSR count). The molecule has 6 heteroatoms. The summed E-state index contributed by atoms with van der Waals surface area (Å²) in [7, 11) is 0. The lowest BCUT2D eigenvalue weighted by atomic mass is 10.5. The molecule has 0 aliphatic rings. The van der Waals surface area contributed by atoms with Crippen molar-refractivity contribution in [3.05, 3.63) is 24.2 Å².